The summed E-state index contributed by atoms with van der Waals surface area (Å²) in [7, 11) is -0.926. The number of hydrogen-bond acceptors (Lipinski definition) is 7. The zero-order chi connectivity index (χ0) is 16.5. The van der Waals surface area contributed by atoms with Gasteiger partial charge in [0.25, 0.3) is 0 Å². The second-order valence-electron chi connectivity index (χ2n) is 4.36. The van der Waals surface area contributed by atoms with E-state index in [1.54, 1.807) is 0 Å². The molecule has 0 saturated heterocycles. The molecule has 0 radical (unpaired) electrons. The maximum Gasteiger partial charge on any atom is 0.358 e. The summed E-state index contributed by atoms with van der Waals surface area (Å²) in [6, 6.07) is 3.96. The minimum absolute atomic E-state index is 0.0244. The molecule has 9 heteroatoms. The first-order valence-electron chi connectivity index (χ1n) is 5.94. The molecule has 0 spiro atoms. The van der Waals surface area contributed by atoms with E-state index in [4.69, 9.17) is 19.1 Å². The monoisotopic (exact) mass is 327 g/mol. The van der Waals surface area contributed by atoms with Gasteiger partial charge in [0, 0.05) is 18.4 Å². The molecule has 1 aromatic heterocycles. The summed E-state index contributed by atoms with van der Waals surface area (Å²) in [5, 5.41) is 12.3. The highest BCUT2D eigenvalue weighted by molar-refractivity contribution is 7.90. The van der Waals surface area contributed by atoms with Gasteiger partial charge in [-0.2, -0.15) is 0 Å². The summed E-state index contributed by atoms with van der Waals surface area (Å²) in [5.74, 6) is -0.931. The van der Waals surface area contributed by atoms with Crippen molar-refractivity contribution in [3.05, 3.63) is 23.9 Å². The van der Waals surface area contributed by atoms with Gasteiger partial charge in [-0.25, -0.2) is 13.2 Å². The topological polar surface area (TPSA) is 116 Å². The molecule has 1 heterocycles. The fourth-order valence-corrected chi connectivity index (χ4v) is 2.73. The van der Waals surface area contributed by atoms with Gasteiger partial charge in [-0.15, -0.1) is 0 Å². The second kappa shape index (κ2) is 5.68. The molecule has 1 aromatic carbocycles. The first kappa shape index (κ1) is 15.8. The molecule has 0 aliphatic carbocycles. The van der Waals surface area contributed by atoms with E-state index in [9.17, 15) is 13.2 Å². The molecule has 0 saturated carbocycles. The van der Waals surface area contributed by atoms with E-state index in [0.29, 0.717) is 0 Å². The van der Waals surface area contributed by atoms with Crippen molar-refractivity contribution in [1.29, 1.82) is 0 Å². The summed E-state index contributed by atoms with van der Waals surface area (Å²) in [6.07, 6.45) is 1.02. The Kier molecular flexibility index (Phi) is 4.09. The number of rotatable bonds is 5. The molecule has 0 bridgehead atoms. The van der Waals surface area contributed by atoms with Crippen molar-refractivity contribution in [2.24, 2.45) is 0 Å². The third-order valence-electron chi connectivity index (χ3n) is 2.86. The van der Waals surface area contributed by atoms with Gasteiger partial charge in [0.1, 0.15) is 16.4 Å². The lowest BCUT2D eigenvalue weighted by molar-refractivity contribution is 0.0686. The highest BCUT2D eigenvalue weighted by Gasteiger charge is 2.24. The van der Waals surface area contributed by atoms with Crippen LogP contribution in [-0.2, 0) is 9.84 Å². The Morgan fingerprint density at radius 3 is 2.36 bits per heavy atom. The first-order chi connectivity index (χ1) is 10.3. The second-order valence-corrected chi connectivity index (χ2v) is 6.34. The molecular formula is C13H13NO7S. The van der Waals surface area contributed by atoms with Crippen LogP contribution in [0, 0.1) is 0 Å². The van der Waals surface area contributed by atoms with Crippen LogP contribution in [-0.4, -0.2) is 45.1 Å². The number of ether oxygens (including phenoxy) is 2. The van der Waals surface area contributed by atoms with Gasteiger partial charge in [0.2, 0.25) is 0 Å². The Balaban J connectivity index is 2.75. The third kappa shape index (κ3) is 2.89. The highest BCUT2D eigenvalue weighted by Crippen LogP contribution is 2.39. The van der Waals surface area contributed by atoms with Crippen LogP contribution in [0.25, 0.3) is 11.3 Å². The Labute approximate surface area is 126 Å². The fraction of sp³-hybridized carbons (Fsp3) is 0.231. The average Bonchev–Trinajstić information content (AvgIpc) is 2.94. The smallest absolute Gasteiger partial charge is 0.358 e. The maximum absolute atomic E-state index is 11.9. The average molecular weight is 327 g/mol. The largest absolute Gasteiger partial charge is 0.497 e. The quantitative estimate of drug-likeness (QED) is 0.877. The third-order valence-corrected chi connectivity index (χ3v) is 3.96. The number of carboxylic acid groups (broad SMARTS) is 1. The van der Waals surface area contributed by atoms with Gasteiger partial charge >= 0.3 is 5.97 Å². The number of carboxylic acids is 1. The molecule has 2 aromatic rings. The summed E-state index contributed by atoms with van der Waals surface area (Å²) >= 11 is 0. The van der Waals surface area contributed by atoms with Gasteiger partial charge in [0.15, 0.2) is 21.3 Å². The van der Waals surface area contributed by atoms with E-state index >= 15 is 0 Å². The van der Waals surface area contributed by atoms with Crippen molar-refractivity contribution in [2.75, 3.05) is 20.5 Å². The van der Waals surface area contributed by atoms with E-state index in [1.165, 1.54) is 32.4 Å². The predicted octanol–water partition coefficient (Wildman–Crippen LogP) is 1.46. The normalized spacial score (nSPS) is 11.2. The standard InChI is InChI=1S/C13H13NO7S/c1-19-7-4-8(10-6-9(13(15)16)14-21-10)12(20-2)11(5-7)22(3,17)18/h4-6H,1-3H3,(H,15,16). The molecule has 0 amide bonds. The minimum Gasteiger partial charge on any atom is -0.497 e. The van der Waals surface area contributed by atoms with Crippen molar-refractivity contribution < 1.29 is 32.3 Å². The van der Waals surface area contributed by atoms with Crippen molar-refractivity contribution in [1.82, 2.24) is 5.16 Å². The van der Waals surface area contributed by atoms with Crippen molar-refractivity contribution in [3.63, 3.8) is 0 Å². The van der Waals surface area contributed by atoms with Crippen LogP contribution in [0.5, 0.6) is 11.5 Å². The van der Waals surface area contributed by atoms with Crippen LogP contribution in [0.2, 0.25) is 0 Å². The Morgan fingerprint density at radius 1 is 1.23 bits per heavy atom. The van der Waals surface area contributed by atoms with E-state index in [0.717, 1.165) is 6.26 Å². The number of nitrogens with zero attached hydrogens (tertiary/aromatic N) is 1. The predicted molar refractivity (Wildman–Crippen MR) is 75.1 cm³/mol. The van der Waals surface area contributed by atoms with Crippen LogP contribution in [0.15, 0.2) is 27.6 Å². The molecular weight excluding hydrogens is 314 g/mol. The fourth-order valence-electron chi connectivity index (χ4n) is 1.87. The van der Waals surface area contributed by atoms with Crippen molar-refractivity contribution >= 4 is 15.8 Å². The van der Waals surface area contributed by atoms with Crippen LogP contribution in [0.3, 0.4) is 0 Å². The Bertz CT molecular complexity index is 823. The minimum atomic E-state index is -3.60. The molecule has 2 rings (SSSR count). The summed E-state index contributed by atoms with van der Waals surface area (Å²) in [5.41, 5.74) is -0.0805. The number of carbonyl (C=O) groups is 1. The lowest BCUT2D eigenvalue weighted by Gasteiger charge is -2.12. The van der Waals surface area contributed by atoms with Gasteiger partial charge in [-0.1, -0.05) is 5.16 Å². The molecule has 1 N–H and O–H groups in total. The molecule has 0 aliphatic rings. The zero-order valence-corrected chi connectivity index (χ0v) is 12.8. The highest BCUT2D eigenvalue weighted by atomic mass is 32.2. The van der Waals surface area contributed by atoms with Crippen LogP contribution >= 0.6 is 0 Å². The lowest BCUT2D eigenvalue weighted by atomic mass is 10.1. The number of aromatic nitrogens is 1. The summed E-state index contributed by atoms with van der Waals surface area (Å²) < 4.78 is 39.0. The van der Waals surface area contributed by atoms with Gasteiger partial charge in [-0.3, -0.25) is 0 Å². The summed E-state index contributed by atoms with van der Waals surface area (Å²) in [4.78, 5) is 10.8. The Hall–Kier alpha value is -2.55. The number of benzene rings is 1. The van der Waals surface area contributed by atoms with E-state index in [2.05, 4.69) is 5.16 Å². The molecule has 0 atom stereocenters. The van der Waals surface area contributed by atoms with Crippen molar-refractivity contribution in [3.8, 4) is 22.8 Å². The summed E-state index contributed by atoms with van der Waals surface area (Å²) in [6.45, 7) is 0. The SMILES string of the molecule is COc1cc(-c2cc(C(=O)O)no2)c(OC)c(S(C)(=O)=O)c1. The van der Waals surface area contributed by atoms with Crippen LogP contribution in [0.4, 0.5) is 0 Å². The van der Waals surface area contributed by atoms with E-state index < -0.39 is 15.8 Å². The van der Waals surface area contributed by atoms with Gasteiger partial charge < -0.3 is 19.1 Å². The molecule has 8 nitrogen and oxygen atoms in total. The maximum atomic E-state index is 11.9. The first-order valence-corrected chi connectivity index (χ1v) is 7.83. The number of hydrogen-bond donors (Lipinski definition) is 1. The van der Waals surface area contributed by atoms with Crippen LogP contribution in [0.1, 0.15) is 10.5 Å². The Morgan fingerprint density at radius 2 is 1.91 bits per heavy atom. The van der Waals surface area contributed by atoms with E-state index in [-0.39, 0.29) is 33.4 Å². The molecule has 0 fully saturated rings. The molecule has 0 unspecified atom stereocenters. The van der Waals surface area contributed by atoms with Gasteiger partial charge in [0.05, 0.1) is 19.8 Å². The number of aromatic carboxylic acids is 1. The zero-order valence-electron chi connectivity index (χ0n) is 12.0. The molecule has 0 aliphatic heterocycles. The molecule has 22 heavy (non-hydrogen) atoms. The number of sulfone groups is 1. The van der Waals surface area contributed by atoms with E-state index in [1.807, 2.05) is 0 Å². The molecule has 118 valence electrons. The lowest BCUT2D eigenvalue weighted by Crippen LogP contribution is -2.03. The van der Waals surface area contributed by atoms with Crippen molar-refractivity contribution in [2.45, 2.75) is 4.90 Å². The van der Waals surface area contributed by atoms with Gasteiger partial charge in [-0.05, 0) is 6.07 Å². The number of methoxy groups -OCH3 is 2. The van der Waals surface area contributed by atoms with Crippen LogP contribution < -0.4 is 9.47 Å².